The van der Waals surface area contributed by atoms with Crippen molar-refractivity contribution in [3.8, 4) is 0 Å². The Morgan fingerprint density at radius 2 is 2.05 bits per heavy atom. The van der Waals surface area contributed by atoms with E-state index in [4.69, 9.17) is 18.0 Å². The molecule has 0 aliphatic carbocycles. The third kappa shape index (κ3) is 3.99. The molecule has 1 aromatic heterocycles. The van der Waals surface area contributed by atoms with E-state index in [9.17, 15) is 14.0 Å². The van der Waals surface area contributed by atoms with Crippen LogP contribution in [0.2, 0.25) is 0 Å². The fourth-order valence-electron chi connectivity index (χ4n) is 1.94. The van der Waals surface area contributed by atoms with Crippen molar-refractivity contribution in [2.24, 2.45) is 5.73 Å². The molecule has 2 aromatic rings. The SMILES string of the molecule is Cc1[nH]c(=S)sc1CC(=O)N[C@H](C(N)=O)c1ccc(F)cc1. The summed E-state index contributed by atoms with van der Waals surface area (Å²) >= 11 is 6.32. The zero-order chi connectivity index (χ0) is 16.3. The second kappa shape index (κ2) is 6.80. The first-order valence-electron chi connectivity index (χ1n) is 6.39. The Morgan fingerprint density at radius 3 is 2.55 bits per heavy atom. The fourth-order valence-corrected chi connectivity index (χ4v) is 3.23. The summed E-state index contributed by atoms with van der Waals surface area (Å²) in [6.07, 6.45) is 0.0919. The molecule has 2 amide bonds. The Balaban J connectivity index is 2.12. The van der Waals surface area contributed by atoms with Gasteiger partial charge in [0, 0.05) is 10.6 Å². The number of aryl methyl sites for hydroxylation is 1. The van der Waals surface area contributed by atoms with Crippen LogP contribution in [0, 0.1) is 16.7 Å². The number of hydrogen-bond acceptors (Lipinski definition) is 4. The number of carbonyl (C=O) groups excluding carboxylic acids is 2. The van der Waals surface area contributed by atoms with Gasteiger partial charge in [0.1, 0.15) is 11.9 Å². The third-order valence-electron chi connectivity index (χ3n) is 3.04. The van der Waals surface area contributed by atoms with Crippen LogP contribution in [0.1, 0.15) is 22.2 Å². The highest BCUT2D eigenvalue weighted by Gasteiger charge is 2.21. The number of aromatic nitrogens is 1. The molecule has 0 saturated carbocycles. The molecule has 0 fully saturated rings. The first kappa shape index (κ1) is 16.3. The lowest BCUT2D eigenvalue weighted by Gasteiger charge is -2.15. The van der Waals surface area contributed by atoms with Gasteiger partial charge in [0.2, 0.25) is 11.8 Å². The van der Waals surface area contributed by atoms with E-state index in [1.165, 1.54) is 35.6 Å². The normalized spacial score (nSPS) is 11.9. The molecule has 1 aromatic carbocycles. The van der Waals surface area contributed by atoms with Gasteiger partial charge in [-0.2, -0.15) is 0 Å². The number of benzene rings is 1. The molecular formula is C14H14FN3O2S2. The zero-order valence-corrected chi connectivity index (χ0v) is 13.3. The Hall–Kier alpha value is -2.06. The van der Waals surface area contributed by atoms with Crippen molar-refractivity contribution < 1.29 is 14.0 Å². The summed E-state index contributed by atoms with van der Waals surface area (Å²) in [5.41, 5.74) is 6.57. The number of thiazole rings is 1. The van der Waals surface area contributed by atoms with Crippen molar-refractivity contribution in [2.45, 2.75) is 19.4 Å². The number of hydrogen-bond donors (Lipinski definition) is 3. The summed E-state index contributed by atoms with van der Waals surface area (Å²) in [6, 6.07) is 4.24. The number of rotatable bonds is 5. The van der Waals surface area contributed by atoms with Crippen molar-refractivity contribution in [1.82, 2.24) is 10.3 Å². The lowest BCUT2D eigenvalue weighted by atomic mass is 10.1. The molecule has 5 nitrogen and oxygen atoms in total. The number of halogens is 1. The van der Waals surface area contributed by atoms with E-state index in [0.29, 0.717) is 9.52 Å². The maximum absolute atomic E-state index is 12.9. The Bertz CT molecular complexity index is 752. The van der Waals surface area contributed by atoms with Gasteiger partial charge in [0.25, 0.3) is 0 Å². The van der Waals surface area contributed by atoms with Crippen LogP contribution in [0.4, 0.5) is 4.39 Å². The topological polar surface area (TPSA) is 88.0 Å². The van der Waals surface area contributed by atoms with Crippen molar-refractivity contribution >= 4 is 35.4 Å². The first-order chi connectivity index (χ1) is 10.4. The molecule has 2 rings (SSSR count). The average molecular weight is 339 g/mol. The van der Waals surface area contributed by atoms with Crippen LogP contribution in [0.5, 0.6) is 0 Å². The van der Waals surface area contributed by atoms with Crippen LogP contribution in [0.15, 0.2) is 24.3 Å². The van der Waals surface area contributed by atoms with Gasteiger partial charge in [-0.3, -0.25) is 9.59 Å². The number of carbonyl (C=O) groups is 2. The van der Waals surface area contributed by atoms with E-state index in [1.807, 2.05) is 6.92 Å². The summed E-state index contributed by atoms with van der Waals surface area (Å²) in [7, 11) is 0. The first-order valence-corrected chi connectivity index (χ1v) is 7.62. The molecule has 22 heavy (non-hydrogen) atoms. The number of nitrogens with two attached hydrogens (primary N) is 1. The molecule has 0 saturated heterocycles. The van der Waals surface area contributed by atoms with Crippen LogP contribution < -0.4 is 11.1 Å². The lowest BCUT2D eigenvalue weighted by Crippen LogP contribution is -2.38. The maximum Gasteiger partial charge on any atom is 0.244 e. The molecular weight excluding hydrogens is 325 g/mol. The summed E-state index contributed by atoms with van der Waals surface area (Å²) in [4.78, 5) is 27.4. The van der Waals surface area contributed by atoms with Gasteiger partial charge in [-0.15, -0.1) is 11.3 Å². The molecule has 4 N–H and O–H groups in total. The van der Waals surface area contributed by atoms with Crippen molar-refractivity contribution in [3.05, 3.63) is 50.2 Å². The van der Waals surface area contributed by atoms with E-state index in [1.54, 1.807) is 0 Å². The van der Waals surface area contributed by atoms with Crippen molar-refractivity contribution in [2.75, 3.05) is 0 Å². The highest BCUT2D eigenvalue weighted by atomic mass is 32.1. The predicted molar refractivity (Wildman–Crippen MR) is 84.4 cm³/mol. The number of aromatic amines is 1. The van der Waals surface area contributed by atoms with Crippen LogP contribution in [-0.2, 0) is 16.0 Å². The smallest absolute Gasteiger partial charge is 0.244 e. The predicted octanol–water partition coefficient (Wildman–Crippen LogP) is 2.14. The second-order valence-corrected chi connectivity index (χ2v) is 6.47. The molecule has 1 heterocycles. The van der Waals surface area contributed by atoms with Gasteiger partial charge < -0.3 is 16.0 Å². The Morgan fingerprint density at radius 1 is 1.41 bits per heavy atom. The van der Waals surface area contributed by atoms with Gasteiger partial charge in [-0.05, 0) is 36.8 Å². The van der Waals surface area contributed by atoms with Crippen LogP contribution in [0.25, 0.3) is 0 Å². The minimum absolute atomic E-state index is 0.0919. The molecule has 1 atom stereocenters. The highest BCUT2D eigenvalue weighted by molar-refractivity contribution is 7.73. The molecule has 116 valence electrons. The minimum atomic E-state index is -1.000. The number of nitrogens with one attached hydrogen (secondary N) is 2. The van der Waals surface area contributed by atoms with E-state index >= 15 is 0 Å². The summed E-state index contributed by atoms with van der Waals surface area (Å²) in [6.45, 7) is 1.82. The summed E-state index contributed by atoms with van der Waals surface area (Å²) in [5.74, 6) is -1.50. The van der Waals surface area contributed by atoms with E-state index in [0.717, 1.165) is 10.6 Å². The zero-order valence-electron chi connectivity index (χ0n) is 11.7. The Kier molecular flexibility index (Phi) is 5.04. The molecule has 0 bridgehead atoms. The quantitative estimate of drug-likeness (QED) is 0.729. The van der Waals surface area contributed by atoms with Crippen molar-refractivity contribution in [1.29, 1.82) is 0 Å². The summed E-state index contributed by atoms with van der Waals surface area (Å²) < 4.78 is 13.5. The fraction of sp³-hybridized carbons (Fsp3) is 0.214. The van der Waals surface area contributed by atoms with Crippen molar-refractivity contribution in [3.63, 3.8) is 0 Å². The maximum atomic E-state index is 12.9. The van der Waals surface area contributed by atoms with Gasteiger partial charge in [-0.25, -0.2) is 4.39 Å². The van der Waals surface area contributed by atoms with Crippen LogP contribution >= 0.6 is 23.6 Å². The lowest BCUT2D eigenvalue weighted by molar-refractivity contribution is -0.127. The van der Waals surface area contributed by atoms with Gasteiger partial charge >= 0.3 is 0 Å². The highest BCUT2D eigenvalue weighted by Crippen LogP contribution is 2.17. The van der Waals surface area contributed by atoms with Gasteiger partial charge in [0.15, 0.2) is 3.95 Å². The molecule has 8 heteroatoms. The monoisotopic (exact) mass is 339 g/mol. The standard InChI is InChI=1S/C14H14FN3O2S2/c1-7-10(22-14(21)17-7)6-11(19)18-12(13(16)20)8-2-4-9(15)5-3-8/h2-5,12H,6H2,1H3,(H2,16,20)(H,17,21)(H,18,19)/t12-/m0/s1. The van der Waals surface area contributed by atoms with E-state index in [-0.39, 0.29) is 12.3 Å². The Labute approximate surface area is 135 Å². The molecule has 0 unspecified atom stereocenters. The number of primary amides is 1. The third-order valence-corrected chi connectivity index (χ3v) is 4.37. The minimum Gasteiger partial charge on any atom is -0.368 e. The van der Waals surface area contributed by atoms with E-state index < -0.39 is 17.8 Å². The van der Waals surface area contributed by atoms with Gasteiger partial charge in [-0.1, -0.05) is 12.1 Å². The molecule has 0 aliphatic heterocycles. The van der Waals surface area contributed by atoms with Crippen LogP contribution in [-0.4, -0.2) is 16.8 Å². The molecule has 0 spiro atoms. The molecule has 0 aliphatic rings. The van der Waals surface area contributed by atoms with Gasteiger partial charge in [0.05, 0.1) is 6.42 Å². The second-order valence-electron chi connectivity index (χ2n) is 4.69. The summed E-state index contributed by atoms with van der Waals surface area (Å²) in [5, 5.41) is 2.56. The average Bonchev–Trinajstić information content (AvgIpc) is 2.75. The van der Waals surface area contributed by atoms with E-state index in [2.05, 4.69) is 10.3 Å². The van der Waals surface area contributed by atoms with Crippen LogP contribution in [0.3, 0.4) is 0 Å². The number of H-pyrrole nitrogens is 1. The molecule has 0 radical (unpaired) electrons. The number of amides is 2. The largest absolute Gasteiger partial charge is 0.368 e.